The highest BCUT2D eigenvalue weighted by molar-refractivity contribution is 5.82. The van der Waals surface area contributed by atoms with Crippen molar-refractivity contribution in [3.05, 3.63) is 65.2 Å². The van der Waals surface area contributed by atoms with Gasteiger partial charge in [-0.3, -0.25) is 0 Å². The molecule has 0 aromatic heterocycles. The number of likely N-dealkylation sites (N-methyl/N-ethyl adjacent to an activating group) is 1. The summed E-state index contributed by atoms with van der Waals surface area (Å²) in [6.07, 6.45) is 5.01. The van der Waals surface area contributed by atoms with E-state index in [-0.39, 0.29) is 11.5 Å². The van der Waals surface area contributed by atoms with Crippen LogP contribution >= 0.6 is 0 Å². The predicted molar refractivity (Wildman–Crippen MR) is 127 cm³/mol. The molecule has 2 N–H and O–H groups in total. The Bertz CT molecular complexity index is 888. The molecule has 2 aromatic carbocycles. The van der Waals surface area contributed by atoms with Gasteiger partial charge in [0, 0.05) is 19.4 Å². The lowest BCUT2D eigenvalue weighted by atomic mass is 9.76. The molecule has 5 nitrogen and oxygen atoms in total. The Morgan fingerprint density at radius 3 is 2.16 bits per heavy atom. The first kappa shape index (κ1) is 22.8. The summed E-state index contributed by atoms with van der Waals surface area (Å²) in [4.78, 5) is 0. The van der Waals surface area contributed by atoms with Gasteiger partial charge in [0.2, 0.25) is 0 Å². The molecule has 1 heterocycles. The van der Waals surface area contributed by atoms with Crippen LogP contribution in [0.25, 0.3) is 5.57 Å². The minimum atomic E-state index is -0.347. The quantitative estimate of drug-likeness (QED) is 0.560. The Hall–Kier alpha value is -2.34. The number of aromatic hydroxyl groups is 1. The SMILES string of the molecule is CC/C(=C(/c1ccc(O)cc1)c1ccc(OCCNC)cc1)C1CCC2(CC1)OCCO2. The molecule has 4 rings (SSSR count). The van der Waals surface area contributed by atoms with E-state index in [1.165, 1.54) is 16.7 Å². The van der Waals surface area contributed by atoms with Crippen molar-refractivity contribution in [2.45, 2.75) is 44.8 Å². The fourth-order valence-corrected chi connectivity index (χ4v) is 5.02. The standard InChI is InChI=1S/C27H35NO4/c1-3-25(20-12-14-27(15-13-20)31-18-19-32-27)26(21-4-8-23(29)9-5-21)22-6-10-24(11-7-22)30-17-16-28-2/h4-11,20,28-29H,3,12-19H2,1-2H3/b26-25+. The van der Waals surface area contributed by atoms with Crippen LogP contribution in [0.5, 0.6) is 11.5 Å². The highest BCUT2D eigenvalue weighted by Crippen LogP contribution is 2.44. The summed E-state index contributed by atoms with van der Waals surface area (Å²) in [5.41, 5.74) is 5.05. The third-order valence-corrected chi connectivity index (χ3v) is 6.68. The first-order valence-electron chi connectivity index (χ1n) is 11.8. The van der Waals surface area contributed by atoms with Gasteiger partial charge in [-0.05, 0) is 73.2 Å². The molecule has 0 atom stereocenters. The average molecular weight is 438 g/mol. The van der Waals surface area contributed by atoms with Crippen LogP contribution in [0.3, 0.4) is 0 Å². The zero-order chi connectivity index (χ0) is 22.4. The number of rotatable bonds is 8. The van der Waals surface area contributed by atoms with Gasteiger partial charge in [0.15, 0.2) is 5.79 Å². The van der Waals surface area contributed by atoms with E-state index in [9.17, 15) is 5.11 Å². The Morgan fingerprint density at radius 1 is 1.00 bits per heavy atom. The summed E-state index contributed by atoms with van der Waals surface area (Å²) in [6.45, 7) is 5.13. The second-order valence-corrected chi connectivity index (χ2v) is 8.66. The van der Waals surface area contributed by atoms with E-state index >= 15 is 0 Å². The van der Waals surface area contributed by atoms with E-state index in [1.54, 1.807) is 12.1 Å². The van der Waals surface area contributed by atoms with Gasteiger partial charge in [-0.1, -0.05) is 36.8 Å². The summed E-state index contributed by atoms with van der Waals surface area (Å²) >= 11 is 0. The fourth-order valence-electron chi connectivity index (χ4n) is 5.02. The molecule has 32 heavy (non-hydrogen) atoms. The van der Waals surface area contributed by atoms with Crippen molar-refractivity contribution in [1.82, 2.24) is 5.32 Å². The molecule has 0 amide bonds. The molecule has 1 saturated carbocycles. The number of benzene rings is 2. The van der Waals surface area contributed by atoms with Crippen LogP contribution in [0, 0.1) is 5.92 Å². The van der Waals surface area contributed by atoms with Gasteiger partial charge in [0.1, 0.15) is 18.1 Å². The lowest BCUT2D eigenvalue weighted by Crippen LogP contribution is -2.35. The first-order chi connectivity index (χ1) is 15.6. The monoisotopic (exact) mass is 437 g/mol. The van der Waals surface area contributed by atoms with Crippen molar-refractivity contribution in [3.63, 3.8) is 0 Å². The van der Waals surface area contributed by atoms with E-state index in [0.29, 0.717) is 25.7 Å². The minimum absolute atomic E-state index is 0.287. The number of allylic oxidation sites excluding steroid dienone is 1. The number of nitrogens with one attached hydrogen (secondary N) is 1. The van der Waals surface area contributed by atoms with E-state index in [4.69, 9.17) is 14.2 Å². The van der Waals surface area contributed by atoms with Crippen LogP contribution in [-0.4, -0.2) is 44.3 Å². The second kappa shape index (κ2) is 10.5. The molecule has 1 saturated heterocycles. The zero-order valence-corrected chi connectivity index (χ0v) is 19.2. The summed E-state index contributed by atoms with van der Waals surface area (Å²) in [7, 11) is 1.92. The third kappa shape index (κ3) is 5.17. The van der Waals surface area contributed by atoms with Crippen LogP contribution < -0.4 is 10.1 Å². The fraction of sp³-hybridized carbons (Fsp3) is 0.481. The molecule has 2 fully saturated rings. The van der Waals surface area contributed by atoms with Crippen molar-refractivity contribution >= 4 is 5.57 Å². The Kier molecular flexibility index (Phi) is 7.51. The second-order valence-electron chi connectivity index (χ2n) is 8.66. The molecule has 172 valence electrons. The van der Waals surface area contributed by atoms with Crippen LogP contribution in [-0.2, 0) is 9.47 Å². The van der Waals surface area contributed by atoms with Gasteiger partial charge in [-0.2, -0.15) is 0 Å². The van der Waals surface area contributed by atoms with E-state index in [0.717, 1.165) is 50.0 Å². The van der Waals surface area contributed by atoms with E-state index < -0.39 is 0 Å². The number of hydrogen-bond donors (Lipinski definition) is 2. The molecule has 1 aliphatic carbocycles. The maximum atomic E-state index is 9.85. The summed E-state index contributed by atoms with van der Waals surface area (Å²) in [5.74, 6) is 1.31. The number of ether oxygens (including phenoxy) is 3. The number of phenols is 1. The summed E-state index contributed by atoms with van der Waals surface area (Å²) in [5, 5.41) is 12.9. The third-order valence-electron chi connectivity index (χ3n) is 6.68. The Labute approximate surface area is 191 Å². The lowest BCUT2D eigenvalue weighted by Gasteiger charge is -2.37. The van der Waals surface area contributed by atoms with Crippen molar-refractivity contribution in [3.8, 4) is 11.5 Å². The Morgan fingerprint density at radius 2 is 1.59 bits per heavy atom. The molecular formula is C27H35NO4. The van der Waals surface area contributed by atoms with Crippen LogP contribution in [0.15, 0.2) is 54.1 Å². The highest BCUT2D eigenvalue weighted by atomic mass is 16.7. The lowest BCUT2D eigenvalue weighted by molar-refractivity contribution is -0.180. The highest BCUT2D eigenvalue weighted by Gasteiger charge is 2.41. The smallest absolute Gasteiger partial charge is 0.168 e. The molecule has 0 radical (unpaired) electrons. The van der Waals surface area contributed by atoms with Crippen molar-refractivity contribution in [2.75, 3.05) is 33.4 Å². The largest absolute Gasteiger partial charge is 0.508 e. The molecule has 0 unspecified atom stereocenters. The molecule has 1 spiro atoms. The minimum Gasteiger partial charge on any atom is -0.508 e. The summed E-state index contributed by atoms with van der Waals surface area (Å²) < 4.78 is 17.7. The maximum absolute atomic E-state index is 9.85. The van der Waals surface area contributed by atoms with Crippen LogP contribution in [0.2, 0.25) is 0 Å². The van der Waals surface area contributed by atoms with Gasteiger partial charge in [0.25, 0.3) is 0 Å². The molecule has 2 aromatic rings. The topological polar surface area (TPSA) is 60.0 Å². The van der Waals surface area contributed by atoms with Crippen molar-refractivity contribution in [2.24, 2.45) is 5.92 Å². The van der Waals surface area contributed by atoms with Crippen LogP contribution in [0.1, 0.15) is 50.2 Å². The average Bonchev–Trinajstić information content (AvgIpc) is 3.28. The van der Waals surface area contributed by atoms with Gasteiger partial charge >= 0.3 is 0 Å². The van der Waals surface area contributed by atoms with Crippen LogP contribution in [0.4, 0.5) is 0 Å². The molecule has 1 aliphatic heterocycles. The van der Waals surface area contributed by atoms with Crippen molar-refractivity contribution < 1.29 is 19.3 Å². The van der Waals surface area contributed by atoms with Crippen molar-refractivity contribution in [1.29, 1.82) is 0 Å². The molecule has 2 aliphatic rings. The summed E-state index contributed by atoms with van der Waals surface area (Å²) in [6, 6.07) is 16.0. The molecular weight excluding hydrogens is 402 g/mol. The normalized spacial score (nSPS) is 19.2. The Balaban J connectivity index is 1.65. The number of hydrogen-bond acceptors (Lipinski definition) is 5. The molecule has 5 heteroatoms. The zero-order valence-electron chi connectivity index (χ0n) is 19.2. The van der Waals surface area contributed by atoms with Gasteiger partial charge in [-0.15, -0.1) is 0 Å². The van der Waals surface area contributed by atoms with Gasteiger partial charge in [-0.25, -0.2) is 0 Å². The van der Waals surface area contributed by atoms with Gasteiger partial charge < -0.3 is 24.6 Å². The predicted octanol–water partition coefficient (Wildman–Crippen LogP) is 5.14. The van der Waals surface area contributed by atoms with E-state index in [2.05, 4.69) is 36.5 Å². The van der Waals surface area contributed by atoms with Gasteiger partial charge in [0.05, 0.1) is 13.2 Å². The maximum Gasteiger partial charge on any atom is 0.168 e. The van der Waals surface area contributed by atoms with E-state index in [1.807, 2.05) is 19.2 Å². The first-order valence-corrected chi connectivity index (χ1v) is 11.8. The molecule has 0 bridgehead atoms. The number of phenolic OH excluding ortho intramolecular Hbond substituents is 1.